The van der Waals surface area contributed by atoms with Crippen molar-refractivity contribution in [3.05, 3.63) is 20.8 Å². The number of amides is 1. The van der Waals surface area contributed by atoms with Gasteiger partial charge in [0.25, 0.3) is 0 Å². The maximum Gasteiger partial charge on any atom is 0.311 e. The Bertz CT molecular complexity index is 604. The van der Waals surface area contributed by atoms with E-state index < -0.39 is 11.4 Å². The number of thiophene rings is 1. The molecule has 0 saturated carbocycles. The second-order valence-electron chi connectivity index (χ2n) is 6.07. The highest BCUT2D eigenvalue weighted by molar-refractivity contribution is 9.11. The molecule has 1 N–H and O–H groups in total. The fraction of sp³-hybridized carbons (Fsp3) is 0.600. The van der Waals surface area contributed by atoms with Crippen LogP contribution in [-0.4, -0.2) is 48.2 Å². The molecule has 3 heterocycles. The van der Waals surface area contributed by atoms with Crippen LogP contribution in [-0.2, 0) is 14.3 Å². The molecular weight excluding hydrogens is 370 g/mol. The molecule has 0 radical (unpaired) electrons. The molecule has 7 heteroatoms. The van der Waals surface area contributed by atoms with Gasteiger partial charge in [0, 0.05) is 30.5 Å². The van der Waals surface area contributed by atoms with Crippen LogP contribution >= 0.6 is 27.3 Å². The molecule has 0 bridgehead atoms. The highest BCUT2D eigenvalue weighted by atomic mass is 79.9. The fourth-order valence-electron chi connectivity index (χ4n) is 3.42. The Labute approximate surface area is 141 Å². The summed E-state index contributed by atoms with van der Waals surface area (Å²) < 4.78 is 6.42. The predicted octanol–water partition coefficient (Wildman–Crippen LogP) is 2.56. The molecule has 0 spiro atoms. The van der Waals surface area contributed by atoms with Crippen molar-refractivity contribution in [2.75, 3.05) is 26.3 Å². The first-order valence-electron chi connectivity index (χ1n) is 7.29. The van der Waals surface area contributed by atoms with Crippen molar-refractivity contribution in [1.82, 2.24) is 4.90 Å². The summed E-state index contributed by atoms with van der Waals surface area (Å²) in [6.45, 7) is 3.54. The molecule has 3 rings (SSSR count). The number of fused-ring (bicyclic) bond motifs is 1. The van der Waals surface area contributed by atoms with Crippen molar-refractivity contribution in [3.63, 3.8) is 0 Å². The molecule has 2 fully saturated rings. The van der Waals surface area contributed by atoms with Gasteiger partial charge in [-0.2, -0.15) is 0 Å². The van der Waals surface area contributed by atoms with Crippen molar-refractivity contribution in [3.8, 4) is 0 Å². The van der Waals surface area contributed by atoms with E-state index in [4.69, 9.17) is 4.74 Å². The molecule has 2 saturated heterocycles. The highest BCUT2D eigenvalue weighted by Crippen LogP contribution is 2.43. The van der Waals surface area contributed by atoms with Crippen LogP contribution in [0.5, 0.6) is 0 Å². The zero-order valence-electron chi connectivity index (χ0n) is 12.3. The quantitative estimate of drug-likeness (QED) is 0.865. The average Bonchev–Trinajstić information content (AvgIpc) is 3.09. The molecule has 5 nitrogen and oxygen atoms in total. The standard InChI is InChI=1S/C15H18BrNO4S/c1-9(11-2-3-12(16)22-11)13(18)17-6-10-7-21-5-4-15(10,8-17)14(19)20/h2-3,9-10H,4-8H2,1H3,(H,19,20)/t9?,10-,15+/m0/s1. The van der Waals surface area contributed by atoms with Crippen LogP contribution in [0.25, 0.3) is 0 Å². The maximum absolute atomic E-state index is 12.7. The third-order valence-corrected chi connectivity index (χ3v) is 6.64. The van der Waals surface area contributed by atoms with E-state index in [-0.39, 0.29) is 17.7 Å². The van der Waals surface area contributed by atoms with Crippen LogP contribution in [0.1, 0.15) is 24.1 Å². The van der Waals surface area contributed by atoms with Gasteiger partial charge in [0.05, 0.1) is 21.7 Å². The summed E-state index contributed by atoms with van der Waals surface area (Å²) in [7, 11) is 0. The molecule has 120 valence electrons. The van der Waals surface area contributed by atoms with Crippen molar-refractivity contribution in [2.45, 2.75) is 19.3 Å². The van der Waals surface area contributed by atoms with Gasteiger partial charge >= 0.3 is 5.97 Å². The first kappa shape index (κ1) is 16.0. The van der Waals surface area contributed by atoms with Gasteiger partial charge in [-0.25, -0.2) is 0 Å². The van der Waals surface area contributed by atoms with Crippen LogP contribution in [0.4, 0.5) is 0 Å². The van der Waals surface area contributed by atoms with Gasteiger partial charge in [0.15, 0.2) is 0 Å². The molecule has 1 aromatic heterocycles. The number of rotatable bonds is 3. The number of aliphatic carboxylic acids is 1. The number of ether oxygens (including phenoxy) is 1. The number of carbonyl (C=O) groups excluding carboxylic acids is 1. The van der Waals surface area contributed by atoms with Crippen LogP contribution in [0.3, 0.4) is 0 Å². The van der Waals surface area contributed by atoms with Crippen molar-refractivity contribution >= 4 is 39.1 Å². The summed E-state index contributed by atoms with van der Waals surface area (Å²) in [4.78, 5) is 27.2. The zero-order chi connectivity index (χ0) is 15.9. The predicted molar refractivity (Wildman–Crippen MR) is 86.0 cm³/mol. The van der Waals surface area contributed by atoms with E-state index in [1.54, 1.807) is 16.2 Å². The Morgan fingerprint density at radius 1 is 1.55 bits per heavy atom. The van der Waals surface area contributed by atoms with E-state index in [0.717, 1.165) is 8.66 Å². The normalized spacial score (nSPS) is 29.2. The maximum atomic E-state index is 12.7. The number of hydrogen-bond acceptors (Lipinski definition) is 4. The molecule has 3 atom stereocenters. The minimum absolute atomic E-state index is 0.00405. The van der Waals surface area contributed by atoms with E-state index in [1.165, 1.54) is 0 Å². The number of likely N-dealkylation sites (tertiary alicyclic amines) is 1. The van der Waals surface area contributed by atoms with E-state index in [1.807, 2.05) is 19.1 Å². The summed E-state index contributed by atoms with van der Waals surface area (Å²) in [6, 6.07) is 3.87. The number of carboxylic acid groups (broad SMARTS) is 1. The first-order valence-corrected chi connectivity index (χ1v) is 8.90. The lowest BCUT2D eigenvalue weighted by atomic mass is 9.74. The number of hydrogen-bond donors (Lipinski definition) is 1. The Morgan fingerprint density at radius 2 is 2.32 bits per heavy atom. The Hall–Kier alpha value is -0.920. The largest absolute Gasteiger partial charge is 0.481 e. The number of nitrogens with zero attached hydrogens (tertiary/aromatic N) is 1. The molecule has 1 unspecified atom stereocenters. The minimum Gasteiger partial charge on any atom is -0.481 e. The summed E-state index contributed by atoms with van der Waals surface area (Å²) in [5, 5.41) is 9.66. The van der Waals surface area contributed by atoms with Gasteiger partial charge in [-0.3, -0.25) is 9.59 Å². The van der Waals surface area contributed by atoms with Gasteiger partial charge < -0.3 is 14.7 Å². The van der Waals surface area contributed by atoms with Gasteiger partial charge in [0.1, 0.15) is 0 Å². The van der Waals surface area contributed by atoms with E-state index in [9.17, 15) is 14.7 Å². The first-order chi connectivity index (χ1) is 10.4. The lowest BCUT2D eigenvalue weighted by molar-refractivity contribution is -0.157. The van der Waals surface area contributed by atoms with Crippen LogP contribution in [0.2, 0.25) is 0 Å². The minimum atomic E-state index is -0.830. The van der Waals surface area contributed by atoms with Crippen LogP contribution < -0.4 is 0 Å². The van der Waals surface area contributed by atoms with Gasteiger partial charge in [-0.1, -0.05) is 0 Å². The summed E-state index contributed by atoms with van der Waals surface area (Å²) in [5.41, 5.74) is -0.830. The van der Waals surface area contributed by atoms with Crippen LogP contribution in [0.15, 0.2) is 15.9 Å². The Morgan fingerprint density at radius 3 is 2.91 bits per heavy atom. The number of carbonyl (C=O) groups is 2. The summed E-state index contributed by atoms with van der Waals surface area (Å²) >= 11 is 4.95. The van der Waals surface area contributed by atoms with Crippen LogP contribution in [0, 0.1) is 11.3 Å². The van der Waals surface area contributed by atoms with E-state index in [0.29, 0.717) is 32.7 Å². The highest BCUT2D eigenvalue weighted by Gasteiger charge is 2.55. The zero-order valence-corrected chi connectivity index (χ0v) is 14.7. The topological polar surface area (TPSA) is 66.8 Å². The Kier molecular flexibility index (Phi) is 4.31. The monoisotopic (exact) mass is 387 g/mol. The van der Waals surface area contributed by atoms with Gasteiger partial charge in [0.2, 0.25) is 5.91 Å². The second kappa shape index (κ2) is 5.94. The smallest absolute Gasteiger partial charge is 0.311 e. The molecule has 1 amide bonds. The molecule has 2 aliphatic rings. The summed E-state index contributed by atoms with van der Waals surface area (Å²) in [5.74, 6) is -1.15. The third-order valence-electron chi connectivity index (χ3n) is 4.84. The van der Waals surface area contributed by atoms with Crippen molar-refractivity contribution < 1.29 is 19.4 Å². The van der Waals surface area contributed by atoms with Crippen molar-refractivity contribution in [2.24, 2.45) is 11.3 Å². The average molecular weight is 388 g/mol. The fourth-order valence-corrected chi connectivity index (χ4v) is 4.89. The molecule has 2 aliphatic heterocycles. The lowest BCUT2D eigenvalue weighted by Crippen LogP contribution is -2.45. The molecular formula is C15H18BrNO4S. The van der Waals surface area contributed by atoms with Crippen molar-refractivity contribution in [1.29, 1.82) is 0 Å². The summed E-state index contributed by atoms with van der Waals surface area (Å²) in [6.07, 6.45) is 0.482. The van der Waals surface area contributed by atoms with Gasteiger partial charge in [-0.05, 0) is 41.4 Å². The second-order valence-corrected chi connectivity index (χ2v) is 8.56. The number of halogens is 1. The molecule has 22 heavy (non-hydrogen) atoms. The third kappa shape index (κ3) is 2.59. The van der Waals surface area contributed by atoms with E-state index in [2.05, 4.69) is 15.9 Å². The van der Waals surface area contributed by atoms with Gasteiger partial charge in [-0.15, -0.1) is 11.3 Å². The molecule has 0 aromatic carbocycles. The number of carboxylic acids is 1. The Balaban J connectivity index is 1.78. The lowest BCUT2D eigenvalue weighted by Gasteiger charge is -2.33. The SMILES string of the molecule is CC(C(=O)N1C[C@H]2COCC[C@@]2(C(=O)O)C1)c1ccc(Br)s1. The van der Waals surface area contributed by atoms with E-state index >= 15 is 0 Å². The molecule has 0 aliphatic carbocycles. The molecule has 1 aromatic rings.